The molecule has 89 heavy (non-hydrogen) atoms. The maximum Gasteiger partial charge on any atom is 0.336 e. The highest BCUT2D eigenvalue weighted by atomic mass is 35.5. The van der Waals surface area contributed by atoms with Crippen LogP contribution in [0.4, 0.5) is 5.13 Å². The molecule has 19 heteroatoms. The monoisotopic (exact) mass is 1280 g/mol. The number of aromatic nitrogens is 1. The zero-order valence-electron chi connectivity index (χ0n) is 52.0. The number of ether oxygens (including phenoxy) is 1. The number of anilines is 1. The molecule has 13 aliphatic rings. The number of epoxide rings is 1. The van der Waals surface area contributed by atoms with E-state index in [1.165, 1.54) is 17.4 Å². The standard InChI is InChI=1S/C28H31ClN2O4S.C21H27ClO5.C21H26O5/c1-15-12-19-18-9-8-16-13-17(32)10-11-25(16,2)27(18,29)22(33)14-26(19,3)28(15,35)23(34)31-24-30-20-6-4-5-7-21(20)36-24;1-11-8-15-14-5-4-12-9-13(23)6-7-18(12,2)20(14,22)16(24)10-19(15,3)21(11,27)17(25)26;1-11-8-15-14-5-4-12-9-13(22)6-7-18(12,2)21(14)16(26-21)10-19(15,3)20(11,25)17(23)24/h4-7,10-11,13,15,18-19,22,33,35H,8-9,12,14H2,1-3H3,(H,30,31,34);6-7,9,11,14-16,24,27H,4-5,8,10H2,1-3H3,(H,25,26);6-7,9,11,14-16,25H,4-5,8,10H2,1-3H3,(H,23,24)/t15-,18?,19?,22+,25?,26?,27+,28+;11-,14?,15?,16+,18?,19?,20+,21+;11-,14?,15?,16+,18?,19?,20+,21-/m111/s1. The summed E-state index contributed by atoms with van der Waals surface area (Å²) in [4.78, 5) is 76.2. The first-order valence-corrected chi connectivity index (χ1v) is 33.6. The van der Waals surface area contributed by atoms with Crippen LogP contribution in [-0.2, 0) is 33.5 Å². The summed E-state index contributed by atoms with van der Waals surface area (Å²) in [7, 11) is 0. The van der Waals surface area contributed by atoms with Crippen molar-refractivity contribution >= 4 is 85.1 Å². The maximum atomic E-state index is 13.8. The van der Waals surface area contributed by atoms with Crippen LogP contribution in [0.5, 0.6) is 0 Å². The predicted octanol–water partition coefficient (Wildman–Crippen LogP) is 10.0. The van der Waals surface area contributed by atoms with E-state index in [1.807, 2.05) is 84.0 Å². The number of para-hydroxylation sites is 1. The highest BCUT2D eigenvalue weighted by molar-refractivity contribution is 7.22. The Balaban J connectivity index is 0.000000125. The van der Waals surface area contributed by atoms with Gasteiger partial charge in [0, 0.05) is 32.5 Å². The Morgan fingerprint density at radius 1 is 0.573 bits per heavy atom. The first-order valence-electron chi connectivity index (χ1n) is 32.0. The number of aliphatic hydroxyl groups is 5. The molecular formula is C70H84Cl2N2O14S. The Morgan fingerprint density at radius 3 is 1.43 bits per heavy atom. The lowest BCUT2D eigenvalue weighted by Crippen LogP contribution is -2.69. The number of thiazole rings is 1. The van der Waals surface area contributed by atoms with Crippen molar-refractivity contribution in [2.75, 3.05) is 5.32 Å². The molecular weight excluding hydrogens is 1200 g/mol. The Bertz CT molecular complexity index is 3640. The molecule has 2 heterocycles. The normalized spacial score (nSPS) is 50.6. The number of hydrogen-bond donors (Lipinski definition) is 8. The van der Waals surface area contributed by atoms with Crippen molar-refractivity contribution in [3.8, 4) is 0 Å². The number of carbonyl (C=O) groups is 6. The van der Waals surface area contributed by atoms with E-state index in [9.17, 15) is 64.5 Å². The van der Waals surface area contributed by atoms with Gasteiger partial charge in [-0.25, -0.2) is 14.6 Å². The number of nitrogens with one attached hydrogen (secondary N) is 1. The number of ketones is 3. The van der Waals surface area contributed by atoms with Gasteiger partial charge in [-0.3, -0.25) is 24.5 Å². The number of carbonyl (C=O) groups excluding carboxylic acids is 4. The number of alkyl halides is 2. The van der Waals surface area contributed by atoms with Crippen LogP contribution >= 0.6 is 34.5 Å². The minimum atomic E-state index is -1.88. The van der Waals surface area contributed by atoms with Crippen molar-refractivity contribution in [2.45, 2.75) is 190 Å². The quantitative estimate of drug-likeness (QED) is 0.104. The number of allylic oxidation sites excluding steroid dienone is 10. The molecule has 1 aromatic heterocycles. The molecule has 1 saturated heterocycles. The van der Waals surface area contributed by atoms with Crippen molar-refractivity contribution in [3.63, 3.8) is 0 Å². The lowest BCUT2D eigenvalue weighted by molar-refractivity contribution is -0.194. The van der Waals surface area contributed by atoms with Gasteiger partial charge >= 0.3 is 11.9 Å². The van der Waals surface area contributed by atoms with Gasteiger partial charge in [0.25, 0.3) is 5.91 Å². The SMILES string of the molecule is C[C@@H]1CC2C3CCC4=CC(=O)C=CC4(C)[C@@]3(Cl)[C@@H](O)CC2(C)[C@@]1(O)C(=O)Nc1nc2ccccc2s1.C[C@@H]1CC2C3CCC4=CC(=O)C=CC4(C)[C@@]3(Cl)[C@@H](O)CC2(C)[C@@]1(O)C(=O)O.C[C@@H]1CC2C3CCC4=CC(=O)C=CC4(C)[C@@]34O[C@H]4CC2(C)[C@@]1(O)C(=O)O. The summed E-state index contributed by atoms with van der Waals surface area (Å²) >= 11 is 16.1. The third-order valence-corrected chi connectivity index (χ3v) is 30.3. The Morgan fingerprint density at radius 2 is 0.966 bits per heavy atom. The van der Waals surface area contributed by atoms with E-state index >= 15 is 0 Å². The average molecular weight is 1280 g/mol. The van der Waals surface area contributed by atoms with Gasteiger partial charge in [-0.1, -0.05) is 114 Å². The molecule has 0 bridgehead atoms. The number of halogens is 2. The zero-order chi connectivity index (χ0) is 64.4. The second-order valence-electron chi connectivity index (χ2n) is 30.7. The van der Waals surface area contributed by atoms with Crippen molar-refractivity contribution in [1.82, 2.24) is 4.98 Å². The van der Waals surface area contributed by atoms with Crippen LogP contribution in [-0.4, -0.2) is 126 Å². The summed E-state index contributed by atoms with van der Waals surface area (Å²) in [5.74, 6) is -4.04. The third kappa shape index (κ3) is 7.71. The van der Waals surface area contributed by atoms with Crippen LogP contribution in [0.1, 0.15) is 139 Å². The van der Waals surface area contributed by atoms with Crippen LogP contribution in [0.2, 0.25) is 0 Å². The minimum Gasteiger partial charge on any atom is -0.479 e. The van der Waals surface area contributed by atoms with E-state index in [4.69, 9.17) is 27.9 Å². The number of carboxylic acids is 2. The van der Waals surface area contributed by atoms with Crippen LogP contribution in [0.25, 0.3) is 10.2 Å². The van der Waals surface area contributed by atoms with Gasteiger partial charge in [0.2, 0.25) is 0 Å². The number of fused-ring (bicyclic) bond motifs is 14. The average Bonchev–Trinajstić information content (AvgIpc) is 1.44. The van der Waals surface area contributed by atoms with Crippen LogP contribution in [0.3, 0.4) is 0 Å². The number of benzene rings is 1. The highest BCUT2D eigenvalue weighted by Crippen LogP contribution is 2.78. The van der Waals surface area contributed by atoms with Gasteiger partial charge in [-0.05, 0) is 186 Å². The van der Waals surface area contributed by atoms with Crippen molar-refractivity contribution in [2.24, 2.45) is 85.8 Å². The Labute approximate surface area is 533 Å². The smallest absolute Gasteiger partial charge is 0.336 e. The molecule has 16 nitrogen and oxygen atoms in total. The van der Waals surface area contributed by atoms with Crippen molar-refractivity contribution < 1.29 is 69.2 Å². The second kappa shape index (κ2) is 19.9. The number of carboxylic acid groups (broad SMARTS) is 2. The van der Waals surface area contributed by atoms with Crippen LogP contribution in [0, 0.1) is 85.8 Å². The first kappa shape index (κ1) is 63.1. The fraction of sp³-hybridized carbons (Fsp3) is 0.643. The second-order valence-corrected chi connectivity index (χ2v) is 33.0. The number of rotatable bonds is 4. The number of hydrogen-bond acceptors (Lipinski definition) is 14. The van der Waals surface area contributed by atoms with Crippen LogP contribution < -0.4 is 5.32 Å². The number of amides is 1. The lowest BCUT2D eigenvalue weighted by atomic mass is 9.45. The van der Waals surface area contributed by atoms with Crippen molar-refractivity contribution in [3.05, 3.63) is 95.7 Å². The van der Waals surface area contributed by atoms with E-state index in [0.29, 0.717) is 56.5 Å². The van der Waals surface area contributed by atoms with E-state index < -0.39 is 89.6 Å². The number of aliphatic hydroxyl groups excluding tert-OH is 2. The Kier molecular flexibility index (Phi) is 14.1. The van der Waals surface area contributed by atoms with Gasteiger partial charge in [0.05, 0.1) is 38.3 Å². The van der Waals surface area contributed by atoms with E-state index in [-0.39, 0.29) is 94.7 Å². The van der Waals surface area contributed by atoms with Crippen molar-refractivity contribution in [1.29, 1.82) is 0 Å². The molecule has 10 fully saturated rings. The molecule has 1 aromatic carbocycles. The largest absolute Gasteiger partial charge is 0.479 e. The van der Waals surface area contributed by atoms with E-state index in [0.717, 1.165) is 39.8 Å². The predicted molar refractivity (Wildman–Crippen MR) is 334 cm³/mol. The van der Waals surface area contributed by atoms with Gasteiger partial charge in [0.15, 0.2) is 39.3 Å². The molecule has 15 rings (SSSR count). The molecule has 1 spiro atoms. The van der Waals surface area contributed by atoms with E-state index in [1.54, 1.807) is 44.2 Å². The van der Waals surface area contributed by atoms with Gasteiger partial charge in [-0.2, -0.15) is 0 Å². The molecule has 8 N–H and O–H groups in total. The molecule has 12 aliphatic carbocycles. The molecule has 12 unspecified atom stereocenters. The highest BCUT2D eigenvalue weighted by Gasteiger charge is 2.83. The molecule has 478 valence electrons. The summed E-state index contributed by atoms with van der Waals surface area (Å²) < 4.78 is 7.34. The molecule has 0 radical (unpaired) electrons. The summed E-state index contributed by atoms with van der Waals surface area (Å²) in [6, 6.07) is 7.66. The summed E-state index contributed by atoms with van der Waals surface area (Å²) in [5.41, 5.74) is -5.93. The van der Waals surface area contributed by atoms with Gasteiger partial charge < -0.3 is 40.5 Å². The molecule has 24 atom stereocenters. The van der Waals surface area contributed by atoms with Crippen LogP contribution in [0.15, 0.2) is 95.7 Å². The summed E-state index contributed by atoms with van der Waals surface area (Å²) in [6.07, 6.45) is 20.7. The van der Waals surface area contributed by atoms with Gasteiger partial charge in [-0.15, -0.1) is 23.2 Å². The summed E-state index contributed by atoms with van der Waals surface area (Å²) in [6.45, 7) is 17.4. The number of aliphatic carboxylic acids is 2. The number of nitrogens with zero attached hydrogens (tertiary/aromatic N) is 1. The third-order valence-electron chi connectivity index (χ3n) is 27.5. The molecule has 1 amide bonds. The maximum absolute atomic E-state index is 13.8. The fourth-order valence-corrected chi connectivity index (χ4v) is 24.5. The fourth-order valence-electron chi connectivity index (χ4n) is 22.6. The zero-order valence-corrected chi connectivity index (χ0v) is 54.3. The molecule has 9 saturated carbocycles. The summed E-state index contributed by atoms with van der Waals surface area (Å²) in [5, 5.41) is 80.6. The van der Waals surface area contributed by atoms with Gasteiger partial charge in [0.1, 0.15) is 5.60 Å². The Hall–Kier alpha value is -4.69. The van der Waals surface area contributed by atoms with E-state index in [2.05, 4.69) is 17.2 Å². The lowest BCUT2D eigenvalue weighted by Gasteiger charge is -2.63. The molecule has 2 aromatic rings. The molecule has 1 aliphatic heterocycles. The minimum absolute atomic E-state index is 0.0416. The first-order chi connectivity index (χ1) is 41.5. The topological polar surface area (TPSA) is 281 Å².